The molecule has 15 heavy (non-hydrogen) atoms. The van der Waals surface area contributed by atoms with E-state index in [9.17, 15) is 13.2 Å². The minimum atomic E-state index is -4.32. The van der Waals surface area contributed by atoms with Crippen molar-refractivity contribution in [1.29, 1.82) is 0 Å². The molecule has 0 aliphatic carbocycles. The zero-order valence-corrected chi connectivity index (χ0v) is 8.27. The van der Waals surface area contributed by atoms with Crippen LogP contribution in [0.3, 0.4) is 0 Å². The van der Waals surface area contributed by atoms with E-state index in [4.69, 9.17) is 0 Å². The summed E-state index contributed by atoms with van der Waals surface area (Å²) < 4.78 is 36.8. The van der Waals surface area contributed by atoms with Crippen LogP contribution in [0.1, 0.15) is 5.56 Å². The van der Waals surface area contributed by atoms with Gasteiger partial charge in [-0.3, -0.25) is 4.98 Å². The Morgan fingerprint density at radius 2 is 1.73 bits per heavy atom. The lowest BCUT2D eigenvalue weighted by molar-refractivity contribution is -0.137. The van der Waals surface area contributed by atoms with E-state index in [0.717, 1.165) is 12.3 Å². The van der Waals surface area contributed by atoms with Gasteiger partial charge in [0, 0.05) is 11.6 Å². The monoisotopic (exact) mass is 233 g/mol. The van der Waals surface area contributed by atoms with Gasteiger partial charge in [-0.25, -0.2) is 0 Å². The highest BCUT2D eigenvalue weighted by atomic mass is 35.5. The molecule has 2 aromatic rings. The summed E-state index contributed by atoms with van der Waals surface area (Å²) in [6, 6.07) is 7.81. The van der Waals surface area contributed by atoms with E-state index in [0.29, 0.717) is 10.9 Å². The van der Waals surface area contributed by atoms with Gasteiger partial charge in [0.05, 0.1) is 11.1 Å². The minimum Gasteiger partial charge on any atom is -0.256 e. The molecule has 0 saturated carbocycles. The van der Waals surface area contributed by atoms with Gasteiger partial charge in [-0.2, -0.15) is 13.2 Å². The highest BCUT2D eigenvalue weighted by molar-refractivity contribution is 5.85. The molecule has 0 fully saturated rings. The van der Waals surface area contributed by atoms with E-state index >= 15 is 0 Å². The second kappa shape index (κ2) is 4.06. The Hall–Kier alpha value is -1.29. The Bertz CT molecular complexity index is 467. The topological polar surface area (TPSA) is 12.9 Å². The maximum absolute atomic E-state index is 12.3. The minimum absolute atomic E-state index is 0. The summed E-state index contributed by atoms with van der Waals surface area (Å²) in [7, 11) is 0. The molecular weight excluding hydrogens is 227 g/mol. The van der Waals surface area contributed by atoms with Crippen LogP contribution in [0.25, 0.3) is 10.9 Å². The van der Waals surface area contributed by atoms with Crippen LogP contribution >= 0.6 is 12.4 Å². The molecule has 0 aliphatic rings. The summed E-state index contributed by atoms with van der Waals surface area (Å²) in [6.45, 7) is 0. The zero-order valence-electron chi connectivity index (χ0n) is 7.45. The van der Waals surface area contributed by atoms with Crippen LogP contribution in [0.2, 0.25) is 0 Å². The van der Waals surface area contributed by atoms with Crippen LogP contribution in [0.15, 0.2) is 36.5 Å². The molecule has 5 heteroatoms. The zero-order chi connectivity index (χ0) is 10.2. The lowest BCUT2D eigenvalue weighted by Crippen LogP contribution is -2.05. The smallest absolute Gasteiger partial charge is 0.256 e. The molecule has 80 valence electrons. The van der Waals surface area contributed by atoms with Crippen molar-refractivity contribution >= 4 is 23.3 Å². The van der Waals surface area contributed by atoms with Crippen molar-refractivity contribution < 1.29 is 13.2 Å². The van der Waals surface area contributed by atoms with Crippen LogP contribution in [-0.4, -0.2) is 4.98 Å². The van der Waals surface area contributed by atoms with Gasteiger partial charge in [0.1, 0.15) is 0 Å². The first kappa shape index (κ1) is 11.8. The summed E-state index contributed by atoms with van der Waals surface area (Å²) in [4.78, 5) is 3.73. The molecule has 0 aliphatic heterocycles. The molecule has 0 unspecified atom stereocenters. The standard InChI is InChI=1S/C10H6F3N.ClH/c11-10(12,13)8-5-7-3-1-2-4-9(7)14-6-8;/h1-6H;1H. The number of halogens is 4. The number of para-hydroxylation sites is 1. The van der Waals surface area contributed by atoms with Gasteiger partial charge in [-0.1, -0.05) is 18.2 Å². The molecule has 0 spiro atoms. The molecule has 0 N–H and O–H groups in total. The molecule has 2 rings (SSSR count). The number of rotatable bonds is 0. The Morgan fingerprint density at radius 3 is 2.40 bits per heavy atom. The fourth-order valence-corrected chi connectivity index (χ4v) is 1.23. The van der Waals surface area contributed by atoms with Gasteiger partial charge in [0.2, 0.25) is 0 Å². The van der Waals surface area contributed by atoms with E-state index in [-0.39, 0.29) is 12.4 Å². The van der Waals surface area contributed by atoms with E-state index in [1.807, 2.05) is 0 Å². The first-order valence-corrected chi connectivity index (χ1v) is 3.99. The average Bonchev–Trinajstić information content (AvgIpc) is 2.16. The SMILES string of the molecule is Cl.FC(F)(F)c1cnc2ccccc2c1. The van der Waals surface area contributed by atoms with Gasteiger partial charge in [-0.05, 0) is 12.1 Å². The van der Waals surface area contributed by atoms with Gasteiger partial charge < -0.3 is 0 Å². The van der Waals surface area contributed by atoms with Gasteiger partial charge in [0.15, 0.2) is 0 Å². The van der Waals surface area contributed by atoms with Crippen molar-refractivity contribution in [2.75, 3.05) is 0 Å². The van der Waals surface area contributed by atoms with Gasteiger partial charge >= 0.3 is 6.18 Å². The van der Waals surface area contributed by atoms with Crippen LogP contribution in [-0.2, 0) is 6.18 Å². The van der Waals surface area contributed by atoms with Crippen molar-refractivity contribution in [2.45, 2.75) is 6.18 Å². The molecular formula is C10H7ClF3N. The van der Waals surface area contributed by atoms with Crippen LogP contribution in [0.4, 0.5) is 13.2 Å². The molecule has 0 radical (unpaired) electrons. The maximum atomic E-state index is 12.3. The molecule has 1 aromatic heterocycles. The number of nitrogens with zero attached hydrogens (tertiary/aromatic N) is 1. The molecule has 0 bridgehead atoms. The van der Waals surface area contributed by atoms with Crippen molar-refractivity contribution in [3.05, 3.63) is 42.1 Å². The number of hydrogen-bond acceptors (Lipinski definition) is 1. The van der Waals surface area contributed by atoms with Crippen LogP contribution in [0, 0.1) is 0 Å². The summed E-state index contributed by atoms with van der Waals surface area (Å²) in [5, 5.41) is 0.502. The third-order valence-electron chi connectivity index (χ3n) is 1.92. The highest BCUT2D eigenvalue weighted by Gasteiger charge is 2.30. The maximum Gasteiger partial charge on any atom is 0.417 e. The van der Waals surface area contributed by atoms with E-state index in [2.05, 4.69) is 4.98 Å². The lowest BCUT2D eigenvalue weighted by atomic mass is 10.1. The average molecular weight is 234 g/mol. The van der Waals surface area contributed by atoms with E-state index < -0.39 is 11.7 Å². The Labute approximate surface area is 90.3 Å². The lowest BCUT2D eigenvalue weighted by Gasteiger charge is -2.06. The summed E-state index contributed by atoms with van der Waals surface area (Å²) in [6.07, 6.45) is -3.47. The quantitative estimate of drug-likeness (QED) is 0.677. The predicted molar refractivity (Wildman–Crippen MR) is 54.0 cm³/mol. The summed E-state index contributed by atoms with van der Waals surface area (Å²) in [5.41, 5.74) is -0.142. The van der Waals surface area contributed by atoms with E-state index in [1.54, 1.807) is 24.3 Å². The van der Waals surface area contributed by atoms with Crippen molar-refractivity contribution in [3.8, 4) is 0 Å². The summed E-state index contributed by atoms with van der Waals surface area (Å²) in [5.74, 6) is 0. The second-order valence-electron chi connectivity index (χ2n) is 2.91. The largest absolute Gasteiger partial charge is 0.417 e. The third-order valence-corrected chi connectivity index (χ3v) is 1.92. The van der Waals surface area contributed by atoms with Crippen molar-refractivity contribution in [3.63, 3.8) is 0 Å². The highest BCUT2D eigenvalue weighted by Crippen LogP contribution is 2.30. The van der Waals surface area contributed by atoms with Gasteiger partial charge in [0.25, 0.3) is 0 Å². The van der Waals surface area contributed by atoms with E-state index in [1.165, 1.54) is 0 Å². The van der Waals surface area contributed by atoms with Crippen LogP contribution < -0.4 is 0 Å². The first-order chi connectivity index (χ1) is 6.57. The number of fused-ring (bicyclic) bond motifs is 1. The number of alkyl halides is 3. The first-order valence-electron chi connectivity index (χ1n) is 3.99. The molecule has 0 atom stereocenters. The van der Waals surface area contributed by atoms with Crippen molar-refractivity contribution in [2.24, 2.45) is 0 Å². The fraction of sp³-hybridized carbons (Fsp3) is 0.100. The molecule has 1 aromatic carbocycles. The van der Waals surface area contributed by atoms with Gasteiger partial charge in [-0.15, -0.1) is 12.4 Å². The molecule has 0 saturated heterocycles. The Kier molecular flexibility index (Phi) is 3.19. The molecule has 1 nitrogen and oxygen atoms in total. The Balaban J connectivity index is 0.00000112. The number of benzene rings is 1. The number of hydrogen-bond donors (Lipinski definition) is 0. The second-order valence-corrected chi connectivity index (χ2v) is 2.91. The predicted octanol–water partition coefficient (Wildman–Crippen LogP) is 3.68. The fourth-order valence-electron chi connectivity index (χ4n) is 1.23. The normalized spacial score (nSPS) is 11.1. The molecule has 0 amide bonds. The Morgan fingerprint density at radius 1 is 1.07 bits per heavy atom. The third kappa shape index (κ3) is 2.39. The molecule has 1 heterocycles. The number of aromatic nitrogens is 1. The van der Waals surface area contributed by atoms with Crippen LogP contribution in [0.5, 0.6) is 0 Å². The number of pyridine rings is 1. The van der Waals surface area contributed by atoms with Crippen molar-refractivity contribution in [1.82, 2.24) is 4.98 Å². The summed E-state index contributed by atoms with van der Waals surface area (Å²) >= 11 is 0.